The molecule has 0 bridgehead atoms. The average molecular weight is 396 g/mol. The van der Waals surface area contributed by atoms with Gasteiger partial charge in [0.15, 0.2) is 0 Å². The molecule has 1 saturated carbocycles. The van der Waals surface area contributed by atoms with Crippen LogP contribution in [-0.4, -0.2) is 54.0 Å². The molecule has 2 heterocycles. The minimum absolute atomic E-state index is 0.172. The minimum atomic E-state index is -0.172. The summed E-state index contributed by atoms with van der Waals surface area (Å²) in [6, 6.07) is 1.96. The molecule has 1 aliphatic carbocycles. The highest BCUT2D eigenvalue weighted by molar-refractivity contribution is 9.10. The van der Waals surface area contributed by atoms with Gasteiger partial charge in [0, 0.05) is 55.1 Å². The molecule has 1 aliphatic heterocycles. The van der Waals surface area contributed by atoms with E-state index in [-0.39, 0.29) is 23.8 Å². The van der Waals surface area contributed by atoms with Crippen molar-refractivity contribution >= 4 is 27.7 Å². The van der Waals surface area contributed by atoms with Crippen molar-refractivity contribution in [3.8, 4) is 0 Å². The summed E-state index contributed by atoms with van der Waals surface area (Å²) < 4.78 is 6.16. The van der Waals surface area contributed by atoms with Crippen LogP contribution >= 0.6 is 15.9 Å². The molecule has 0 unspecified atom stereocenters. The summed E-state index contributed by atoms with van der Waals surface area (Å²) >= 11 is 3.31. The Morgan fingerprint density at radius 2 is 2.00 bits per heavy atom. The smallest absolute Gasteiger partial charge is 0.252 e. The van der Waals surface area contributed by atoms with E-state index in [0.717, 1.165) is 30.2 Å². The molecule has 0 atom stereocenters. The molecule has 2 amide bonds. The molecular formula is C17H22BrN3O3. The molecule has 6 nitrogen and oxygen atoms in total. The normalized spacial score (nSPS) is 18.2. The van der Waals surface area contributed by atoms with E-state index in [1.165, 1.54) is 6.20 Å². The maximum Gasteiger partial charge on any atom is 0.252 e. The average Bonchev–Trinajstić information content (AvgIpc) is 3.44. The lowest BCUT2D eigenvalue weighted by molar-refractivity contribution is -0.136. The Kier molecular flexibility index (Phi) is 5.84. The van der Waals surface area contributed by atoms with Crippen molar-refractivity contribution in [1.82, 2.24) is 15.2 Å². The second-order valence-corrected chi connectivity index (χ2v) is 7.21. The van der Waals surface area contributed by atoms with Crippen LogP contribution in [-0.2, 0) is 9.53 Å². The van der Waals surface area contributed by atoms with Crippen LogP contribution in [0.1, 0.15) is 36.0 Å². The van der Waals surface area contributed by atoms with Crippen molar-refractivity contribution < 1.29 is 14.3 Å². The van der Waals surface area contributed by atoms with Crippen molar-refractivity contribution in [2.45, 2.75) is 31.7 Å². The predicted octanol–water partition coefficient (Wildman–Crippen LogP) is 1.99. The largest absolute Gasteiger partial charge is 0.381 e. The van der Waals surface area contributed by atoms with E-state index < -0.39 is 0 Å². The fourth-order valence-electron chi connectivity index (χ4n) is 2.96. The van der Waals surface area contributed by atoms with Crippen LogP contribution in [0.3, 0.4) is 0 Å². The van der Waals surface area contributed by atoms with Gasteiger partial charge in [-0.2, -0.15) is 0 Å². The fraction of sp³-hybridized carbons (Fsp3) is 0.588. The Morgan fingerprint density at radius 1 is 1.25 bits per heavy atom. The Balaban J connectivity index is 1.54. The maximum absolute atomic E-state index is 12.6. The highest BCUT2D eigenvalue weighted by Crippen LogP contribution is 2.32. The van der Waals surface area contributed by atoms with Crippen molar-refractivity contribution in [2.75, 3.05) is 26.3 Å². The number of carbonyl (C=O) groups is 2. The third-order valence-electron chi connectivity index (χ3n) is 4.45. The van der Waals surface area contributed by atoms with E-state index in [1.807, 2.05) is 4.90 Å². The van der Waals surface area contributed by atoms with Gasteiger partial charge in [0.1, 0.15) is 0 Å². The van der Waals surface area contributed by atoms with Crippen LogP contribution in [0.2, 0.25) is 0 Å². The zero-order valence-corrected chi connectivity index (χ0v) is 15.1. The number of nitrogens with zero attached hydrogens (tertiary/aromatic N) is 2. The van der Waals surface area contributed by atoms with Crippen LogP contribution < -0.4 is 5.32 Å². The van der Waals surface area contributed by atoms with Crippen LogP contribution in [0.4, 0.5) is 0 Å². The van der Waals surface area contributed by atoms with Gasteiger partial charge in [-0.05, 0) is 47.7 Å². The van der Waals surface area contributed by atoms with E-state index in [4.69, 9.17) is 4.74 Å². The Morgan fingerprint density at radius 3 is 2.67 bits per heavy atom. The molecule has 24 heavy (non-hydrogen) atoms. The molecule has 130 valence electrons. The molecule has 1 aromatic heterocycles. The van der Waals surface area contributed by atoms with Gasteiger partial charge in [-0.1, -0.05) is 0 Å². The predicted molar refractivity (Wildman–Crippen MR) is 92.5 cm³/mol. The third kappa shape index (κ3) is 4.54. The first-order valence-corrected chi connectivity index (χ1v) is 9.21. The quantitative estimate of drug-likeness (QED) is 0.799. The Labute approximate surface area is 150 Å². The number of aromatic nitrogens is 1. The minimum Gasteiger partial charge on any atom is -0.381 e. The lowest BCUT2D eigenvalue weighted by Gasteiger charge is -2.34. The summed E-state index contributed by atoms with van der Waals surface area (Å²) in [6.07, 6.45) is 6.91. The maximum atomic E-state index is 12.6. The van der Waals surface area contributed by atoms with Crippen molar-refractivity contribution in [1.29, 1.82) is 0 Å². The van der Waals surface area contributed by atoms with Gasteiger partial charge in [-0.15, -0.1) is 0 Å². The molecular weight excluding hydrogens is 374 g/mol. The summed E-state index contributed by atoms with van der Waals surface area (Å²) in [7, 11) is 0. The number of halogens is 1. The molecule has 0 aromatic carbocycles. The van der Waals surface area contributed by atoms with Crippen LogP contribution in [0.25, 0.3) is 0 Å². The first-order valence-electron chi connectivity index (χ1n) is 8.42. The second-order valence-electron chi connectivity index (χ2n) is 6.30. The van der Waals surface area contributed by atoms with E-state index in [0.29, 0.717) is 31.9 Å². The standard InChI is InChI=1S/C17H22BrN3O3/c18-14-9-13(10-19-11-14)16(22)20-5-6-21(17(23)12-1-2-12)15-3-7-24-8-4-15/h9-12,15H,1-8H2,(H,20,22). The zero-order chi connectivity index (χ0) is 16.9. The SMILES string of the molecule is O=C(NCCN(C(=O)C1CC1)C1CCOCC1)c1cncc(Br)c1. The summed E-state index contributed by atoms with van der Waals surface area (Å²) in [5.41, 5.74) is 0.510. The molecule has 3 rings (SSSR count). The summed E-state index contributed by atoms with van der Waals surface area (Å²) in [6.45, 7) is 2.40. The van der Waals surface area contributed by atoms with E-state index in [9.17, 15) is 9.59 Å². The van der Waals surface area contributed by atoms with Crippen LogP contribution in [0, 0.1) is 5.92 Å². The van der Waals surface area contributed by atoms with Crippen molar-refractivity contribution in [3.63, 3.8) is 0 Å². The topological polar surface area (TPSA) is 71.5 Å². The van der Waals surface area contributed by atoms with Gasteiger partial charge < -0.3 is 15.0 Å². The molecule has 1 saturated heterocycles. The summed E-state index contributed by atoms with van der Waals surface area (Å²) in [5.74, 6) is 0.257. The van der Waals surface area contributed by atoms with Crippen LogP contribution in [0.15, 0.2) is 22.9 Å². The van der Waals surface area contributed by atoms with Crippen LogP contribution in [0.5, 0.6) is 0 Å². The number of rotatable bonds is 6. The summed E-state index contributed by atoms with van der Waals surface area (Å²) in [4.78, 5) is 30.7. The van der Waals surface area contributed by atoms with Gasteiger partial charge in [0.25, 0.3) is 5.91 Å². The lowest BCUT2D eigenvalue weighted by atomic mass is 10.1. The molecule has 2 fully saturated rings. The third-order valence-corrected chi connectivity index (χ3v) is 4.88. The summed E-state index contributed by atoms with van der Waals surface area (Å²) in [5, 5.41) is 2.89. The number of pyridine rings is 1. The van der Waals surface area contributed by atoms with Gasteiger partial charge >= 0.3 is 0 Å². The number of nitrogens with one attached hydrogen (secondary N) is 1. The molecule has 2 aliphatic rings. The monoisotopic (exact) mass is 395 g/mol. The molecule has 7 heteroatoms. The number of carbonyl (C=O) groups excluding carboxylic acids is 2. The number of hydrogen-bond acceptors (Lipinski definition) is 4. The number of ether oxygens (including phenoxy) is 1. The van der Waals surface area contributed by atoms with E-state index in [1.54, 1.807) is 12.3 Å². The second kappa shape index (κ2) is 8.07. The highest BCUT2D eigenvalue weighted by atomic mass is 79.9. The lowest BCUT2D eigenvalue weighted by Crippen LogP contribution is -2.47. The molecule has 0 spiro atoms. The van der Waals surface area contributed by atoms with Gasteiger partial charge in [-0.3, -0.25) is 14.6 Å². The fourth-order valence-corrected chi connectivity index (χ4v) is 3.33. The van der Waals surface area contributed by atoms with Crippen molar-refractivity contribution in [2.24, 2.45) is 5.92 Å². The zero-order valence-electron chi connectivity index (χ0n) is 13.5. The van der Waals surface area contributed by atoms with E-state index in [2.05, 4.69) is 26.2 Å². The molecule has 1 aromatic rings. The first kappa shape index (κ1) is 17.4. The Bertz CT molecular complexity index is 600. The van der Waals surface area contributed by atoms with Crippen molar-refractivity contribution in [3.05, 3.63) is 28.5 Å². The first-order chi connectivity index (χ1) is 11.6. The van der Waals surface area contributed by atoms with E-state index >= 15 is 0 Å². The van der Waals surface area contributed by atoms with Gasteiger partial charge in [-0.25, -0.2) is 0 Å². The van der Waals surface area contributed by atoms with Gasteiger partial charge in [0.05, 0.1) is 5.56 Å². The Hall–Kier alpha value is -1.47. The highest BCUT2D eigenvalue weighted by Gasteiger charge is 2.36. The van der Waals surface area contributed by atoms with Gasteiger partial charge in [0.2, 0.25) is 5.91 Å². The number of amides is 2. The molecule has 0 radical (unpaired) electrons. The molecule has 1 N–H and O–H groups in total. The number of hydrogen-bond donors (Lipinski definition) is 1.